The van der Waals surface area contributed by atoms with E-state index in [2.05, 4.69) is 20.8 Å². The summed E-state index contributed by atoms with van der Waals surface area (Å²) in [4.78, 5) is 13.5. The maximum absolute atomic E-state index is 12.4. The minimum absolute atomic E-state index is 0.0548. The average molecular weight is 379 g/mol. The van der Waals surface area contributed by atoms with Crippen LogP contribution in [0, 0.1) is 6.92 Å². The maximum atomic E-state index is 12.4. The van der Waals surface area contributed by atoms with Gasteiger partial charge < -0.3 is 9.84 Å². The fourth-order valence-corrected chi connectivity index (χ4v) is 3.94. The molecule has 1 aliphatic rings. The summed E-state index contributed by atoms with van der Waals surface area (Å²) in [6.07, 6.45) is 0. The number of aromatic carboxylic acids is 1. The highest BCUT2D eigenvalue weighted by Crippen LogP contribution is 2.26. The molecule has 1 heterocycles. The number of nitrogens with one attached hydrogen (secondary N) is 1. The molecule has 0 spiro atoms. The van der Waals surface area contributed by atoms with Crippen molar-refractivity contribution in [3.8, 4) is 0 Å². The van der Waals surface area contributed by atoms with Gasteiger partial charge in [-0.2, -0.15) is 0 Å². The lowest BCUT2D eigenvalue weighted by molar-refractivity contribution is 0.0272. The number of nitrogens with zero attached hydrogens (tertiary/aromatic N) is 1. The number of carbonyl (C=O) groups is 1. The molecule has 0 aromatic heterocycles. The monoisotopic (exact) mass is 378 g/mol. The van der Waals surface area contributed by atoms with Crippen LogP contribution in [-0.2, 0) is 14.8 Å². The molecule has 0 amide bonds. The Morgan fingerprint density at radius 2 is 2.00 bits per heavy atom. The van der Waals surface area contributed by atoms with Crippen molar-refractivity contribution in [3.05, 3.63) is 27.7 Å². The summed E-state index contributed by atoms with van der Waals surface area (Å²) in [6.45, 7) is 3.39. The van der Waals surface area contributed by atoms with Crippen molar-refractivity contribution in [2.24, 2.45) is 0 Å². The second-order valence-electron chi connectivity index (χ2n) is 4.58. The van der Waals surface area contributed by atoms with Gasteiger partial charge in [0.15, 0.2) is 0 Å². The van der Waals surface area contributed by atoms with E-state index in [1.165, 1.54) is 6.07 Å². The third-order valence-corrected chi connectivity index (χ3v) is 5.42. The summed E-state index contributed by atoms with van der Waals surface area (Å²) < 4.78 is 30.5. The Morgan fingerprint density at radius 1 is 1.38 bits per heavy atom. The van der Waals surface area contributed by atoms with Gasteiger partial charge >= 0.3 is 5.97 Å². The minimum atomic E-state index is -3.84. The summed E-state index contributed by atoms with van der Waals surface area (Å²) in [7, 11) is -3.84. The number of hydrogen-bond acceptors (Lipinski definition) is 5. The molecule has 1 fully saturated rings. The molecule has 0 atom stereocenters. The number of rotatable bonds is 4. The SMILES string of the molecule is Cc1c(Br)cc(C(=O)O)cc1S(=O)(=O)NN1CCOCC1. The molecule has 0 saturated carbocycles. The van der Waals surface area contributed by atoms with Crippen LogP contribution in [0.5, 0.6) is 0 Å². The predicted molar refractivity (Wildman–Crippen MR) is 78.6 cm³/mol. The van der Waals surface area contributed by atoms with E-state index in [9.17, 15) is 13.2 Å². The van der Waals surface area contributed by atoms with Gasteiger partial charge in [0, 0.05) is 17.6 Å². The fraction of sp³-hybridized carbons (Fsp3) is 0.417. The van der Waals surface area contributed by atoms with Crippen molar-refractivity contribution in [1.29, 1.82) is 0 Å². The topological polar surface area (TPSA) is 95.9 Å². The lowest BCUT2D eigenvalue weighted by Gasteiger charge is -2.27. The summed E-state index contributed by atoms with van der Waals surface area (Å²) in [5, 5.41) is 10.6. The summed E-state index contributed by atoms with van der Waals surface area (Å²) in [5.41, 5.74) is 0.371. The van der Waals surface area contributed by atoms with Crippen LogP contribution in [0.2, 0.25) is 0 Å². The minimum Gasteiger partial charge on any atom is -0.478 e. The van der Waals surface area contributed by atoms with Crippen molar-refractivity contribution in [3.63, 3.8) is 0 Å². The number of morpholine rings is 1. The van der Waals surface area contributed by atoms with E-state index >= 15 is 0 Å². The van der Waals surface area contributed by atoms with E-state index in [0.29, 0.717) is 36.3 Å². The van der Waals surface area contributed by atoms with E-state index in [1.807, 2.05) is 0 Å². The van der Waals surface area contributed by atoms with Crippen molar-refractivity contribution < 1.29 is 23.1 Å². The number of hydrogen-bond donors (Lipinski definition) is 2. The molecular formula is C12H15BrN2O5S. The Morgan fingerprint density at radius 3 is 2.57 bits per heavy atom. The molecule has 21 heavy (non-hydrogen) atoms. The van der Waals surface area contributed by atoms with Gasteiger partial charge in [-0.1, -0.05) is 15.9 Å². The first kappa shape index (κ1) is 16.4. The third-order valence-electron chi connectivity index (χ3n) is 3.09. The van der Waals surface area contributed by atoms with E-state index < -0.39 is 16.0 Å². The molecule has 0 bridgehead atoms. The molecule has 2 rings (SSSR count). The Labute approximate surface area is 131 Å². The zero-order valence-electron chi connectivity index (χ0n) is 11.3. The van der Waals surface area contributed by atoms with Crippen molar-refractivity contribution in [2.75, 3.05) is 26.3 Å². The largest absolute Gasteiger partial charge is 0.478 e. The number of sulfonamides is 1. The van der Waals surface area contributed by atoms with Gasteiger partial charge in [-0.25, -0.2) is 18.2 Å². The van der Waals surface area contributed by atoms with E-state index in [4.69, 9.17) is 9.84 Å². The number of ether oxygens (including phenoxy) is 1. The number of carboxylic acids is 1. The highest BCUT2D eigenvalue weighted by atomic mass is 79.9. The number of halogens is 1. The van der Waals surface area contributed by atoms with Gasteiger partial charge in [0.2, 0.25) is 0 Å². The van der Waals surface area contributed by atoms with Crippen LogP contribution in [0.3, 0.4) is 0 Å². The second kappa shape index (κ2) is 6.41. The van der Waals surface area contributed by atoms with E-state index in [1.54, 1.807) is 11.9 Å². The number of carboxylic acid groups (broad SMARTS) is 1. The molecule has 0 radical (unpaired) electrons. The van der Waals surface area contributed by atoms with Crippen molar-refractivity contribution in [1.82, 2.24) is 9.84 Å². The molecule has 116 valence electrons. The molecule has 1 saturated heterocycles. The van der Waals surface area contributed by atoms with Crippen LogP contribution in [0.25, 0.3) is 0 Å². The van der Waals surface area contributed by atoms with Crippen LogP contribution in [0.15, 0.2) is 21.5 Å². The Balaban J connectivity index is 2.36. The second-order valence-corrected chi connectivity index (χ2v) is 7.06. The smallest absolute Gasteiger partial charge is 0.335 e. The number of benzene rings is 1. The van der Waals surface area contributed by atoms with Crippen LogP contribution < -0.4 is 4.83 Å². The van der Waals surface area contributed by atoms with Gasteiger partial charge in [0.05, 0.1) is 23.7 Å². The molecule has 9 heteroatoms. The van der Waals surface area contributed by atoms with Gasteiger partial charge in [0.1, 0.15) is 0 Å². The van der Waals surface area contributed by atoms with E-state index in [0.717, 1.165) is 6.07 Å². The first-order valence-corrected chi connectivity index (χ1v) is 8.47. The molecular weight excluding hydrogens is 364 g/mol. The normalized spacial score (nSPS) is 16.9. The van der Waals surface area contributed by atoms with Crippen molar-refractivity contribution >= 4 is 31.9 Å². The van der Waals surface area contributed by atoms with Gasteiger partial charge in [-0.05, 0) is 24.6 Å². The van der Waals surface area contributed by atoms with Gasteiger partial charge in [0.25, 0.3) is 10.0 Å². The lowest BCUT2D eigenvalue weighted by atomic mass is 10.1. The zero-order chi connectivity index (χ0) is 15.6. The standard InChI is InChI=1S/C12H15BrN2O5S/c1-8-10(13)6-9(12(16)17)7-11(8)21(18,19)14-15-2-4-20-5-3-15/h6-7,14H,2-5H2,1H3,(H,16,17). The Hall–Kier alpha value is -1.00. The highest BCUT2D eigenvalue weighted by molar-refractivity contribution is 9.10. The molecule has 2 N–H and O–H groups in total. The third kappa shape index (κ3) is 3.80. The van der Waals surface area contributed by atoms with Gasteiger partial charge in [-0.3, -0.25) is 0 Å². The molecule has 1 aromatic carbocycles. The lowest BCUT2D eigenvalue weighted by Crippen LogP contribution is -2.48. The molecule has 0 aliphatic carbocycles. The molecule has 0 unspecified atom stereocenters. The van der Waals surface area contributed by atoms with Crippen LogP contribution in [0.1, 0.15) is 15.9 Å². The first-order valence-electron chi connectivity index (χ1n) is 6.20. The Bertz CT molecular complexity index is 656. The maximum Gasteiger partial charge on any atom is 0.335 e. The quantitative estimate of drug-likeness (QED) is 0.810. The predicted octanol–water partition coefficient (Wildman–Crippen LogP) is 0.981. The first-order chi connectivity index (χ1) is 9.81. The fourth-order valence-electron chi connectivity index (χ4n) is 1.93. The zero-order valence-corrected chi connectivity index (χ0v) is 13.7. The van der Waals surface area contributed by atoms with Crippen molar-refractivity contribution in [2.45, 2.75) is 11.8 Å². The Kier molecular flexibility index (Phi) is 4.99. The summed E-state index contributed by atoms with van der Waals surface area (Å²) >= 11 is 3.19. The molecule has 1 aliphatic heterocycles. The van der Waals surface area contributed by atoms with Crippen LogP contribution in [-0.4, -0.2) is 50.8 Å². The average Bonchev–Trinajstić information content (AvgIpc) is 2.41. The molecule has 7 nitrogen and oxygen atoms in total. The van der Waals surface area contributed by atoms with E-state index in [-0.39, 0.29) is 10.5 Å². The molecule has 1 aromatic rings. The van der Waals surface area contributed by atoms with Gasteiger partial charge in [-0.15, -0.1) is 4.83 Å². The highest BCUT2D eigenvalue weighted by Gasteiger charge is 2.24. The summed E-state index contributed by atoms with van der Waals surface area (Å²) in [6, 6.07) is 2.54. The van der Waals surface area contributed by atoms with Crippen LogP contribution >= 0.6 is 15.9 Å². The summed E-state index contributed by atoms with van der Waals surface area (Å²) in [5.74, 6) is -1.18. The number of hydrazine groups is 1. The van der Waals surface area contributed by atoms with Crippen LogP contribution in [0.4, 0.5) is 0 Å².